The van der Waals surface area contributed by atoms with Gasteiger partial charge in [-0.15, -0.1) is 0 Å². The molecule has 18 heavy (non-hydrogen) atoms. The fraction of sp³-hybridized carbons (Fsp3) is 0. The Bertz CT molecular complexity index is 674. The highest BCUT2D eigenvalue weighted by atomic mass is 16.1. The van der Waals surface area contributed by atoms with E-state index in [4.69, 9.17) is 10.5 Å². The number of amides is 1. The molecule has 0 fully saturated rings. The van der Waals surface area contributed by atoms with Crippen molar-refractivity contribution in [3.05, 3.63) is 47.2 Å². The van der Waals surface area contributed by atoms with Gasteiger partial charge in [0.05, 0.1) is 17.8 Å². The molecule has 1 aromatic carbocycles. The summed E-state index contributed by atoms with van der Waals surface area (Å²) in [4.78, 5) is 11.9. The minimum atomic E-state index is -0.409. The van der Waals surface area contributed by atoms with Crippen LogP contribution in [0.25, 0.3) is 0 Å². The smallest absolute Gasteiger partial charge is 0.256 e. The molecule has 0 radical (unpaired) electrons. The number of nitrogens with one attached hydrogen (secondary N) is 2. The second-order valence-electron chi connectivity index (χ2n) is 3.42. The summed E-state index contributed by atoms with van der Waals surface area (Å²) in [6, 6.07) is 10.1. The first-order valence-corrected chi connectivity index (χ1v) is 4.99. The van der Waals surface area contributed by atoms with Gasteiger partial charge in [0, 0.05) is 5.56 Å². The predicted octanol–water partition coefficient (Wildman–Crippen LogP) is 1.41. The molecule has 0 aliphatic rings. The summed E-state index contributed by atoms with van der Waals surface area (Å²) in [6.45, 7) is 0. The Labute approximate surface area is 102 Å². The standard InChI is InChI=1S/C12H7N5O/c13-5-8-2-1-3-9(4-8)12(18)16-11-10(6-14)7-15-17-11/h1-4,7H,(H2,15,16,17,18). The largest absolute Gasteiger partial charge is 0.306 e. The molecular weight excluding hydrogens is 230 g/mol. The fourth-order valence-electron chi connectivity index (χ4n) is 1.38. The Kier molecular flexibility index (Phi) is 3.04. The lowest BCUT2D eigenvalue weighted by atomic mass is 10.1. The molecule has 0 spiro atoms. The van der Waals surface area contributed by atoms with E-state index in [0.29, 0.717) is 11.1 Å². The van der Waals surface area contributed by atoms with Gasteiger partial charge in [0.15, 0.2) is 0 Å². The third kappa shape index (κ3) is 2.18. The number of aromatic amines is 1. The van der Waals surface area contributed by atoms with Gasteiger partial charge in [0.25, 0.3) is 5.91 Å². The molecule has 1 aromatic heterocycles. The normalized spacial score (nSPS) is 9.22. The van der Waals surface area contributed by atoms with Crippen molar-refractivity contribution in [2.24, 2.45) is 0 Å². The van der Waals surface area contributed by atoms with E-state index in [1.807, 2.05) is 12.1 Å². The Morgan fingerprint density at radius 3 is 2.89 bits per heavy atom. The summed E-state index contributed by atoms with van der Waals surface area (Å²) in [7, 11) is 0. The number of rotatable bonds is 2. The first kappa shape index (κ1) is 11.4. The number of aromatic nitrogens is 2. The quantitative estimate of drug-likeness (QED) is 0.823. The third-order valence-electron chi connectivity index (χ3n) is 2.25. The van der Waals surface area contributed by atoms with E-state index in [0.717, 1.165) is 0 Å². The molecule has 2 rings (SSSR count). The Morgan fingerprint density at radius 1 is 1.33 bits per heavy atom. The molecule has 86 valence electrons. The van der Waals surface area contributed by atoms with E-state index >= 15 is 0 Å². The van der Waals surface area contributed by atoms with Gasteiger partial charge < -0.3 is 5.32 Å². The number of nitrogens with zero attached hydrogens (tertiary/aromatic N) is 3. The summed E-state index contributed by atoms with van der Waals surface area (Å²) < 4.78 is 0. The number of hydrogen-bond donors (Lipinski definition) is 2. The summed E-state index contributed by atoms with van der Waals surface area (Å²) in [5, 5.41) is 26.2. The maximum atomic E-state index is 11.9. The second-order valence-corrected chi connectivity index (χ2v) is 3.42. The predicted molar refractivity (Wildman–Crippen MR) is 62.4 cm³/mol. The SMILES string of the molecule is N#Cc1cccc(C(=O)Nc2[nH]ncc2C#N)c1. The van der Waals surface area contributed by atoms with Crippen molar-refractivity contribution in [2.75, 3.05) is 5.32 Å². The highest BCUT2D eigenvalue weighted by molar-refractivity contribution is 6.04. The zero-order chi connectivity index (χ0) is 13.0. The van der Waals surface area contributed by atoms with E-state index in [1.165, 1.54) is 12.3 Å². The molecule has 6 heteroatoms. The number of carbonyl (C=O) groups excluding carboxylic acids is 1. The van der Waals surface area contributed by atoms with Crippen LogP contribution in [-0.2, 0) is 0 Å². The van der Waals surface area contributed by atoms with Crippen LogP contribution in [0.3, 0.4) is 0 Å². The van der Waals surface area contributed by atoms with E-state index in [9.17, 15) is 4.79 Å². The van der Waals surface area contributed by atoms with Crippen molar-refractivity contribution < 1.29 is 4.79 Å². The van der Waals surface area contributed by atoms with Crippen molar-refractivity contribution in [1.82, 2.24) is 10.2 Å². The molecule has 0 saturated heterocycles. The van der Waals surface area contributed by atoms with E-state index in [-0.39, 0.29) is 11.4 Å². The Balaban J connectivity index is 2.23. The molecule has 1 amide bonds. The second kappa shape index (κ2) is 4.81. The molecular formula is C12H7N5O. The fourth-order valence-corrected chi connectivity index (χ4v) is 1.38. The van der Waals surface area contributed by atoms with Crippen LogP contribution in [0.15, 0.2) is 30.5 Å². The van der Waals surface area contributed by atoms with Crippen molar-refractivity contribution in [3.63, 3.8) is 0 Å². The van der Waals surface area contributed by atoms with E-state index in [2.05, 4.69) is 15.5 Å². The molecule has 2 aromatic rings. The summed E-state index contributed by atoms with van der Waals surface area (Å²) >= 11 is 0. The number of hydrogen-bond acceptors (Lipinski definition) is 4. The van der Waals surface area contributed by atoms with Crippen molar-refractivity contribution in [3.8, 4) is 12.1 Å². The molecule has 0 aliphatic carbocycles. The average molecular weight is 237 g/mol. The minimum absolute atomic E-state index is 0.241. The van der Waals surface area contributed by atoms with Crippen LogP contribution in [0.2, 0.25) is 0 Å². The van der Waals surface area contributed by atoms with Gasteiger partial charge in [-0.25, -0.2) is 0 Å². The van der Waals surface area contributed by atoms with E-state index in [1.54, 1.807) is 18.2 Å². The van der Waals surface area contributed by atoms with Gasteiger partial charge >= 0.3 is 0 Å². The third-order valence-corrected chi connectivity index (χ3v) is 2.25. The van der Waals surface area contributed by atoms with Crippen LogP contribution in [0.1, 0.15) is 21.5 Å². The van der Waals surface area contributed by atoms with Gasteiger partial charge in [0.2, 0.25) is 0 Å². The van der Waals surface area contributed by atoms with Crippen LogP contribution in [-0.4, -0.2) is 16.1 Å². The summed E-state index contributed by atoms with van der Waals surface area (Å²) in [5.74, 6) is -0.169. The minimum Gasteiger partial charge on any atom is -0.306 e. The molecule has 1 heterocycles. The van der Waals surface area contributed by atoms with Crippen LogP contribution in [0.5, 0.6) is 0 Å². The molecule has 0 unspecified atom stereocenters. The van der Waals surface area contributed by atoms with Crippen LogP contribution in [0.4, 0.5) is 5.82 Å². The molecule has 0 atom stereocenters. The zero-order valence-electron chi connectivity index (χ0n) is 9.14. The highest BCUT2D eigenvalue weighted by Gasteiger charge is 2.10. The molecule has 0 aliphatic heterocycles. The van der Waals surface area contributed by atoms with Gasteiger partial charge in [-0.2, -0.15) is 15.6 Å². The number of benzene rings is 1. The molecule has 0 saturated carbocycles. The zero-order valence-corrected chi connectivity index (χ0v) is 9.14. The maximum Gasteiger partial charge on any atom is 0.256 e. The highest BCUT2D eigenvalue weighted by Crippen LogP contribution is 2.11. The Morgan fingerprint density at radius 2 is 2.17 bits per heavy atom. The lowest BCUT2D eigenvalue weighted by molar-refractivity contribution is 0.102. The van der Waals surface area contributed by atoms with Crippen LogP contribution in [0, 0.1) is 22.7 Å². The number of H-pyrrole nitrogens is 1. The summed E-state index contributed by atoms with van der Waals surface area (Å²) in [5.41, 5.74) is 0.986. The van der Waals surface area contributed by atoms with Crippen LogP contribution < -0.4 is 5.32 Å². The van der Waals surface area contributed by atoms with Crippen molar-refractivity contribution in [1.29, 1.82) is 10.5 Å². The Hall–Kier alpha value is -3.12. The topological polar surface area (TPSA) is 105 Å². The summed E-state index contributed by atoms with van der Waals surface area (Å²) in [6.07, 6.45) is 1.32. The van der Waals surface area contributed by atoms with Crippen molar-refractivity contribution >= 4 is 11.7 Å². The van der Waals surface area contributed by atoms with Gasteiger partial charge in [-0.3, -0.25) is 9.89 Å². The number of anilines is 1. The lowest BCUT2D eigenvalue weighted by Gasteiger charge is -2.03. The van der Waals surface area contributed by atoms with E-state index < -0.39 is 5.91 Å². The molecule has 6 nitrogen and oxygen atoms in total. The lowest BCUT2D eigenvalue weighted by Crippen LogP contribution is -2.13. The number of carbonyl (C=O) groups is 1. The van der Waals surface area contributed by atoms with Crippen molar-refractivity contribution in [2.45, 2.75) is 0 Å². The van der Waals surface area contributed by atoms with Gasteiger partial charge in [-0.05, 0) is 18.2 Å². The van der Waals surface area contributed by atoms with Gasteiger partial charge in [-0.1, -0.05) is 6.07 Å². The first-order chi connectivity index (χ1) is 8.74. The van der Waals surface area contributed by atoms with Crippen LogP contribution >= 0.6 is 0 Å². The monoisotopic (exact) mass is 237 g/mol. The maximum absolute atomic E-state index is 11.9. The number of nitriles is 2. The molecule has 0 bridgehead atoms. The first-order valence-electron chi connectivity index (χ1n) is 4.99. The van der Waals surface area contributed by atoms with Gasteiger partial charge in [0.1, 0.15) is 17.5 Å². The average Bonchev–Trinajstić information content (AvgIpc) is 2.86. The molecule has 2 N–H and O–H groups in total.